The van der Waals surface area contributed by atoms with Crippen LogP contribution in [0.25, 0.3) is 21.8 Å². The number of hydrogen-bond donors (Lipinski definition) is 1. The van der Waals surface area contributed by atoms with Crippen LogP contribution < -0.4 is 0 Å². The molecule has 0 saturated carbocycles. The predicted octanol–water partition coefficient (Wildman–Crippen LogP) is 5.86. The lowest BCUT2D eigenvalue weighted by Gasteiger charge is -2.04. The summed E-state index contributed by atoms with van der Waals surface area (Å²) in [5, 5.41) is 2.71. The molecule has 0 aliphatic carbocycles. The van der Waals surface area contributed by atoms with Crippen LogP contribution in [-0.4, -0.2) is 23.2 Å². The summed E-state index contributed by atoms with van der Waals surface area (Å²) < 4.78 is 1.44. The van der Waals surface area contributed by atoms with Crippen LogP contribution in [-0.2, 0) is 6.42 Å². The quantitative estimate of drug-likeness (QED) is 0.404. The van der Waals surface area contributed by atoms with Crippen molar-refractivity contribution in [3.63, 3.8) is 0 Å². The fraction of sp³-hybridized carbons (Fsp3) is 0.333. The maximum absolute atomic E-state index is 3.63. The van der Waals surface area contributed by atoms with Crippen molar-refractivity contribution in [2.45, 2.75) is 36.7 Å². The first-order valence-corrected chi connectivity index (χ1v) is 12.8. The number of hydrogen-bond acceptors (Lipinski definition) is 0. The minimum absolute atomic E-state index is 0.0943. The Morgan fingerprint density at radius 1 is 0.857 bits per heavy atom. The average molecular weight is 355 g/mol. The summed E-state index contributed by atoms with van der Waals surface area (Å²) in [6.45, 7) is 0. The molecule has 0 unspecified atom stereocenters. The van der Waals surface area contributed by atoms with Gasteiger partial charge in [0.2, 0.25) is 0 Å². The molecule has 3 rings (SSSR count). The largest absolute Gasteiger partial charge is 0.468 e. The van der Waals surface area contributed by atoms with Crippen molar-refractivity contribution in [2.75, 3.05) is 0 Å². The number of para-hydroxylation sites is 2. The van der Waals surface area contributed by atoms with Gasteiger partial charge in [-0.2, -0.15) is 0 Å². The normalized spacial score (nSPS) is 11.1. The molecule has 0 saturated heterocycles. The van der Waals surface area contributed by atoms with Gasteiger partial charge in [0.15, 0.2) is 0 Å². The highest BCUT2D eigenvalue weighted by Crippen LogP contribution is 2.28. The second-order valence-electron chi connectivity index (χ2n) is 5.72. The Kier molecular flexibility index (Phi) is 5.61. The van der Waals surface area contributed by atoms with E-state index in [4.69, 9.17) is 0 Å². The molecular formula is C18H20BrMgN. The van der Waals surface area contributed by atoms with Crippen molar-refractivity contribution in [3.8, 4) is 0 Å². The number of aryl methyl sites for hydroxylation is 1. The standard InChI is InChI=1S/C18H20N.BrH.Mg/c1-2-3-4-5-9-14-10-8-12-16-15-11-6-7-13-17(15)19-18(14)16;;/h6-8,10-13,19H,1-5,9H2;1H;/q;;+1/p-1. The molecule has 0 atom stereocenters. The lowest BCUT2D eigenvalue weighted by atomic mass is 10.0. The van der Waals surface area contributed by atoms with Gasteiger partial charge in [0.05, 0.1) is 0 Å². The Morgan fingerprint density at radius 2 is 1.67 bits per heavy atom. The molecule has 0 aliphatic rings. The Labute approximate surface area is 142 Å². The maximum atomic E-state index is 3.63. The van der Waals surface area contributed by atoms with E-state index in [0.29, 0.717) is 0 Å². The van der Waals surface area contributed by atoms with Gasteiger partial charge < -0.3 is 17.9 Å². The summed E-state index contributed by atoms with van der Waals surface area (Å²) in [7, 11) is 0. The van der Waals surface area contributed by atoms with Gasteiger partial charge in [-0.25, -0.2) is 0 Å². The van der Waals surface area contributed by atoms with Crippen molar-refractivity contribution in [3.05, 3.63) is 48.0 Å². The third-order valence-corrected chi connectivity index (χ3v) is 6.66. The van der Waals surface area contributed by atoms with Gasteiger partial charge in [-0.3, -0.25) is 0 Å². The molecule has 0 bridgehead atoms. The van der Waals surface area contributed by atoms with Crippen molar-refractivity contribution >= 4 is 52.9 Å². The SMILES string of the molecule is [Br][Mg][CH2]CCCCCc1cccc2c1[nH]c1ccccc12. The minimum atomic E-state index is 0.0943. The highest BCUT2D eigenvalue weighted by Gasteiger charge is 2.07. The maximum Gasteiger partial charge on any atom is 0.468 e. The third kappa shape index (κ3) is 3.64. The number of halogens is 1. The fourth-order valence-corrected chi connectivity index (χ4v) is 4.81. The van der Waals surface area contributed by atoms with Crippen LogP contribution in [0.2, 0.25) is 4.55 Å². The van der Waals surface area contributed by atoms with Gasteiger partial charge in [-0.15, -0.1) is 4.55 Å². The van der Waals surface area contributed by atoms with Crippen molar-refractivity contribution < 1.29 is 0 Å². The number of nitrogens with one attached hydrogen (secondary N) is 1. The Bertz CT molecular complexity index is 719. The highest BCUT2D eigenvalue weighted by atomic mass is 79.9. The molecule has 0 radical (unpaired) electrons. The molecule has 0 fully saturated rings. The lowest BCUT2D eigenvalue weighted by molar-refractivity contribution is 0.667. The Morgan fingerprint density at radius 3 is 2.57 bits per heavy atom. The second kappa shape index (κ2) is 7.66. The third-order valence-electron chi connectivity index (χ3n) is 4.21. The molecule has 0 amide bonds. The summed E-state index contributed by atoms with van der Waals surface area (Å²) in [6, 6.07) is 15.3. The van der Waals surface area contributed by atoms with Crippen LogP contribution >= 0.6 is 12.9 Å². The summed E-state index contributed by atoms with van der Waals surface area (Å²) in [4.78, 5) is 3.61. The first-order chi connectivity index (χ1) is 10.4. The van der Waals surface area contributed by atoms with Crippen LogP contribution in [0.4, 0.5) is 0 Å². The van der Waals surface area contributed by atoms with Crippen LogP contribution in [0, 0.1) is 0 Å². The van der Waals surface area contributed by atoms with Gasteiger partial charge in [0.25, 0.3) is 0 Å². The summed E-state index contributed by atoms with van der Waals surface area (Å²) in [6.07, 6.45) is 6.65. The van der Waals surface area contributed by atoms with E-state index >= 15 is 0 Å². The molecule has 1 aromatic heterocycles. The average Bonchev–Trinajstić information content (AvgIpc) is 2.90. The zero-order chi connectivity index (χ0) is 14.5. The Hall–Kier alpha value is -0.514. The van der Waals surface area contributed by atoms with Crippen molar-refractivity contribution in [1.29, 1.82) is 0 Å². The van der Waals surface area contributed by atoms with Gasteiger partial charge in [0, 0.05) is 21.8 Å². The Balaban J connectivity index is 1.73. The predicted molar refractivity (Wildman–Crippen MR) is 97.5 cm³/mol. The van der Waals surface area contributed by atoms with Gasteiger partial charge in [0.1, 0.15) is 0 Å². The van der Waals surface area contributed by atoms with E-state index in [-0.39, 0.29) is 18.2 Å². The molecule has 2 aromatic carbocycles. The van der Waals surface area contributed by atoms with E-state index in [1.165, 1.54) is 64.0 Å². The fourth-order valence-electron chi connectivity index (χ4n) is 3.08. The number of aromatic amines is 1. The van der Waals surface area contributed by atoms with Crippen molar-refractivity contribution in [2.24, 2.45) is 0 Å². The first-order valence-electron chi connectivity index (χ1n) is 7.94. The van der Waals surface area contributed by atoms with Gasteiger partial charge >= 0.3 is 18.2 Å². The summed E-state index contributed by atoms with van der Waals surface area (Å²) >= 11 is 3.73. The first kappa shape index (κ1) is 15.4. The minimum Gasteiger partial charge on any atom is -0.354 e. The number of benzene rings is 2. The lowest BCUT2D eigenvalue weighted by Crippen LogP contribution is -1.88. The summed E-state index contributed by atoms with van der Waals surface area (Å²) in [5.74, 6) is 0. The molecule has 0 spiro atoms. The zero-order valence-electron chi connectivity index (χ0n) is 12.4. The van der Waals surface area contributed by atoms with Crippen LogP contribution in [0.5, 0.6) is 0 Å². The molecular weight excluding hydrogens is 334 g/mol. The van der Waals surface area contributed by atoms with Crippen LogP contribution in [0.15, 0.2) is 42.5 Å². The number of rotatable bonds is 7. The number of unbranched alkanes of at least 4 members (excludes halogenated alkanes) is 3. The van der Waals surface area contributed by atoms with E-state index in [1.807, 2.05) is 0 Å². The molecule has 1 N–H and O–H groups in total. The van der Waals surface area contributed by atoms with Gasteiger partial charge in [-0.05, 0) is 24.5 Å². The molecule has 1 heterocycles. The van der Waals surface area contributed by atoms with Crippen LogP contribution in [0.3, 0.4) is 0 Å². The van der Waals surface area contributed by atoms with Gasteiger partial charge in [-0.1, -0.05) is 55.7 Å². The smallest absolute Gasteiger partial charge is 0.354 e. The number of aromatic nitrogens is 1. The summed E-state index contributed by atoms with van der Waals surface area (Å²) in [5.41, 5.74) is 4.06. The molecule has 21 heavy (non-hydrogen) atoms. The number of fused-ring (bicyclic) bond motifs is 3. The molecule has 106 valence electrons. The van der Waals surface area contributed by atoms with E-state index in [1.54, 1.807) is 0 Å². The second-order valence-corrected chi connectivity index (χ2v) is 9.18. The van der Waals surface area contributed by atoms with E-state index in [9.17, 15) is 0 Å². The zero-order valence-corrected chi connectivity index (χ0v) is 15.4. The molecule has 0 aliphatic heterocycles. The number of H-pyrrole nitrogens is 1. The highest BCUT2D eigenvalue weighted by molar-refractivity contribution is 9.23. The van der Waals surface area contributed by atoms with Crippen molar-refractivity contribution in [1.82, 2.24) is 4.98 Å². The van der Waals surface area contributed by atoms with E-state index in [0.717, 1.165) is 0 Å². The van der Waals surface area contributed by atoms with E-state index in [2.05, 4.69) is 60.3 Å². The molecule has 1 nitrogen and oxygen atoms in total. The van der Waals surface area contributed by atoms with E-state index < -0.39 is 0 Å². The monoisotopic (exact) mass is 353 g/mol. The molecule has 3 heteroatoms. The molecule has 3 aromatic rings. The van der Waals surface area contributed by atoms with Crippen LogP contribution in [0.1, 0.15) is 31.2 Å². The topological polar surface area (TPSA) is 15.8 Å².